The molecule has 1 saturated heterocycles. The lowest BCUT2D eigenvalue weighted by Crippen LogP contribution is -2.41. The number of methoxy groups -OCH3 is 2. The summed E-state index contributed by atoms with van der Waals surface area (Å²) in [7, 11) is -0.734. The van der Waals surface area contributed by atoms with Crippen molar-refractivity contribution < 1.29 is 27.4 Å². The van der Waals surface area contributed by atoms with E-state index in [0.717, 1.165) is 0 Å². The fraction of sp³-hybridized carbons (Fsp3) is 0.350. The van der Waals surface area contributed by atoms with Gasteiger partial charge in [0.15, 0.2) is 11.5 Å². The second kappa shape index (κ2) is 8.62. The van der Waals surface area contributed by atoms with Crippen LogP contribution in [0.4, 0.5) is 0 Å². The van der Waals surface area contributed by atoms with Crippen LogP contribution in [0.2, 0.25) is 0 Å². The summed E-state index contributed by atoms with van der Waals surface area (Å²) in [5.41, 5.74) is 0. The number of para-hydroxylation sites is 1. The summed E-state index contributed by atoms with van der Waals surface area (Å²) in [6.45, 7) is 0.510. The van der Waals surface area contributed by atoms with Gasteiger partial charge >= 0.3 is 5.97 Å². The molecule has 0 atom stereocenters. The second-order valence-corrected chi connectivity index (χ2v) is 8.37. The largest absolute Gasteiger partial charge is 0.493 e. The predicted octanol–water partition coefficient (Wildman–Crippen LogP) is 2.71. The first-order valence-corrected chi connectivity index (χ1v) is 10.4. The number of carbonyl (C=O) groups is 1. The molecule has 150 valence electrons. The highest BCUT2D eigenvalue weighted by atomic mass is 32.2. The van der Waals surface area contributed by atoms with Crippen molar-refractivity contribution in [1.82, 2.24) is 4.31 Å². The molecule has 0 aromatic heterocycles. The number of piperidine rings is 1. The summed E-state index contributed by atoms with van der Waals surface area (Å²) >= 11 is 0. The molecule has 1 aliphatic heterocycles. The SMILES string of the molecule is COc1ccc(S(=O)(=O)N2CCC(C(=O)Oc3ccccc3)CC2)cc1OC. The third-order valence-corrected chi connectivity index (χ3v) is 6.64. The Labute approximate surface area is 164 Å². The standard InChI is InChI=1S/C20H23NO6S/c1-25-18-9-8-17(14-19(18)26-2)28(23,24)21-12-10-15(11-13-21)20(22)27-16-6-4-3-5-7-16/h3-9,14-15H,10-13H2,1-2H3. The zero-order valence-corrected chi connectivity index (χ0v) is 16.6. The molecule has 0 bridgehead atoms. The number of esters is 1. The molecule has 0 spiro atoms. The van der Waals surface area contributed by atoms with Gasteiger partial charge in [0.05, 0.1) is 25.0 Å². The summed E-state index contributed by atoms with van der Waals surface area (Å²) in [6.07, 6.45) is 0.830. The van der Waals surface area contributed by atoms with Gasteiger partial charge in [0.2, 0.25) is 10.0 Å². The van der Waals surface area contributed by atoms with E-state index in [1.165, 1.54) is 30.7 Å². The normalized spacial score (nSPS) is 15.8. The smallest absolute Gasteiger partial charge is 0.314 e. The Hall–Kier alpha value is -2.58. The quantitative estimate of drug-likeness (QED) is 0.543. The Morgan fingerprint density at radius 2 is 1.61 bits per heavy atom. The van der Waals surface area contributed by atoms with Gasteiger partial charge in [-0.2, -0.15) is 4.31 Å². The van der Waals surface area contributed by atoms with E-state index in [0.29, 0.717) is 30.1 Å². The van der Waals surface area contributed by atoms with E-state index < -0.39 is 10.0 Å². The Bertz CT molecular complexity index is 921. The number of benzene rings is 2. The van der Waals surface area contributed by atoms with E-state index in [9.17, 15) is 13.2 Å². The summed E-state index contributed by atoms with van der Waals surface area (Å²) in [4.78, 5) is 12.5. The minimum atomic E-state index is -3.68. The molecule has 3 rings (SSSR count). The maximum Gasteiger partial charge on any atom is 0.314 e. The average molecular weight is 405 g/mol. The van der Waals surface area contributed by atoms with E-state index in [2.05, 4.69) is 0 Å². The fourth-order valence-electron chi connectivity index (χ4n) is 3.15. The molecule has 1 heterocycles. The molecule has 28 heavy (non-hydrogen) atoms. The molecule has 2 aromatic rings. The van der Waals surface area contributed by atoms with E-state index in [-0.39, 0.29) is 29.9 Å². The molecule has 0 unspecified atom stereocenters. The number of ether oxygens (including phenoxy) is 3. The van der Waals surface area contributed by atoms with Gasteiger partial charge in [-0.15, -0.1) is 0 Å². The van der Waals surface area contributed by atoms with Gasteiger partial charge in [-0.05, 0) is 37.1 Å². The lowest BCUT2D eigenvalue weighted by Gasteiger charge is -2.30. The van der Waals surface area contributed by atoms with E-state index in [4.69, 9.17) is 14.2 Å². The number of nitrogens with zero attached hydrogens (tertiary/aromatic N) is 1. The predicted molar refractivity (Wildman–Crippen MR) is 103 cm³/mol. The minimum absolute atomic E-state index is 0.135. The maximum atomic E-state index is 12.9. The second-order valence-electron chi connectivity index (χ2n) is 6.43. The Kier molecular flexibility index (Phi) is 6.21. The van der Waals surface area contributed by atoms with Crippen LogP contribution in [0.1, 0.15) is 12.8 Å². The van der Waals surface area contributed by atoms with Crippen molar-refractivity contribution in [2.75, 3.05) is 27.3 Å². The highest BCUT2D eigenvalue weighted by molar-refractivity contribution is 7.89. The number of rotatable bonds is 6. The van der Waals surface area contributed by atoms with Crippen molar-refractivity contribution in [2.45, 2.75) is 17.7 Å². The summed E-state index contributed by atoms with van der Waals surface area (Å²) < 4.78 is 43.0. The lowest BCUT2D eigenvalue weighted by molar-refractivity contribution is -0.140. The number of hydrogen-bond acceptors (Lipinski definition) is 6. The number of carbonyl (C=O) groups excluding carboxylic acids is 1. The topological polar surface area (TPSA) is 82.1 Å². The van der Waals surface area contributed by atoms with E-state index in [1.54, 1.807) is 30.3 Å². The van der Waals surface area contributed by atoms with Crippen LogP contribution in [0.15, 0.2) is 53.4 Å². The van der Waals surface area contributed by atoms with Crippen molar-refractivity contribution in [3.8, 4) is 17.2 Å². The highest BCUT2D eigenvalue weighted by Crippen LogP contribution is 2.32. The molecule has 7 nitrogen and oxygen atoms in total. The minimum Gasteiger partial charge on any atom is -0.493 e. The van der Waals surface area contributed by atoms with Gasteiger partial charge in [-0.3, -0.25) is 4.79 Å². The van der Waals surface area contributed by atoms with Crippen LogP contribution in [0.5, 0.6) is 17.2 Å². The van der Waals surface area contributed by atoms with Crippen molar-refractivity contribution in [3.63, 3.8) is 0 Å². The van der Waals surface area contributed by atoms with Crippen LogP contribution in [-0.4, -0.2) is 46.0 Å². The number of sulfonamides is 1. The summed E-state index contributed by atoms with van der Waals surface area (Å²) in [5.74, 6) is 0.660. The van der Waals surface area contributed by atoms with Crippen LogP contribution in [0.25, 0.3) is 0 Å². The van der Waals surface area contributed by atoms with E-state index in [1.807, 2.05) is 6.07 Å². The fourth-order valence-corrected chi connectivity index (χ4v) is 4.63. The van der Waals surface area contributed by atoms with Gasteiger partial charge in [-0.1, -0.05) is 18.2 Å². The maximum absolute atomic E-state index is 12.9. The Balaban J connectivity index is 1.66. The molecule has 0 N–H and O–H groups in total. The molecule has 0 saturated carbocycles. The van der Waals surface area contributed by atoms with Crippen molar-refractivity contribution >= 4 is 16.0 Å². The van der Waals surface area contributed by atoms with Crippen LogP contribution < -0.4 is 14.2 Å². The zero-order valence-electron chi connectivity index (χ0n) is 15.8. The average Bonchev–Trinajstić information content (AvgIpc) is 2.74. The van der Waals surface area contributed by atoms with Crippen molar-refractivity contribution in [3.05, 3.63) is 48.5 Å². The number of hydrogen-bond donors (Lipinski definition) is 0. The molecular weight excluding hydrogens is 382 g/mol. The first-order chi connectivity index (χ1) is 13.5. The first kappa shape index (κ1) is 20.2. The van der Waals surface area contributed by atoms with Gasteiger partial charge in [-0.25, -0.2) is 8.42 Å². The third kappa shape index (κ3) is 4.28. The van der Waals surface area contributed by atoms with E-state index >= 15 is 0 Å². The molecule has 1 fully saturated rings. The van der Waals surface area contributed by atoms with Gasteiger partial charge in [0.1, 0.15) is 5.75 Å². The Morgan fingerprint density at radius 1 is 0.964 bits per heavy atom. The molecular formula is C20H23NO6S. The van der Waals surface area contributed by atoms with Crippen LogP contribution in [0.3, 0.4) is 0 Å². The molecule has 1 aliphatic rings. The lowest BCUT2D eigenvalue weighted by atomic mass is 9.98. The van der Waals surface area contributed by atoms with Crippen LogP contribution in [0, 0.1) is 5.92 Å². The summed E-state index contributed by atoms with van der Waals surface area (Å²) in [6, 6.07) is 13.4. The highest BCUT2D eigenvalue weighted by Gasteiger charge is 2.33. The third-order valence-electron chi connectivity index (χ3n) is 4.74. The molecule has 0 radical (unpaired) electrons. The van der Waals surface area contributed by atoms with Gasteiger partial charge in [0.25, 0.3) is 0 Å². The molecule has 0 amide bonds. The zero-order chi connectivity index (χ0) is 20.1. The van der Waals surface area contributed by atoms with Crippen LogP contribution in [-0.2, 0) is 14.8 Å². The first-order valence-electron chi connectivity index (χ1n) is 8.94. The molecule has 0 aliphatic carbocycles. The molecule has 2 aromatic carbocycles. The van der Waals surface area contributed by atoms with Crippen LogP contribution >= 0.6 is 0 Å². The van der Waals surface area contributed by atoms with Crippen molar-refractivity contribution in [1.29, 1.82) is 0 Å². The van der Waals surface area contributed by atoms with Gasteiger partial charge < -0.3 is 14.2 Å². The monoisotopic (exact) mass is 405 g/mol. The summed E-state index contributed by atoms with van der Waals surface area (Å²) in [5, 5.41) is 0. The molecule has 8 heteroatoms. The van der Waals surface area contributed by atoms with Gasteiger partial charge in [0, 0.05) is 19.2 Å². The Morgan fingerprint density at radius 3 is 2.21 bits per heavy atom. The van der Waals surface area contributed by atoms with Crippen molar-refractivity contribution in [2.24, 2.45) is 5.92 Å².